The van der Waals surface area contributed by atoms with Crippen LogP contribution in [0.3, 0.4) is 0 Å². The van der Waals surface area contributed by atoms with E-state index in [0.29, 0.717) is 16.3 Å². The summed E-state index contributed by atoms with van der Waals surface area (Å²) in [6.07, 6.45) is 0. The molecule has 0 aliphatic carbocycles. The third-order valence-electron chi connectivity index (χ3n) is 5.71. The average molecular weight is 408 g/mol. The number of nitrogens with one attached hydrogen (secondary N) is 2. The van der Waals surface area contributed by atoms with Gasteiger partial charge in [0.15, 0.2) is 0 Å². The molecule has 0 spiro atoms. The van der Waals surface area contributed by atoms with Crippen LogP contribution in [-0.2, 0) is 0 Å². The second-order valence-electron chi connectivity index (χ2n) is 7.67. The molecule has 0 saturated carbocycles. The molecule has 4 nitrogen and oxygen atoms in total. The molecule has 1 unspecified atom stereocenters. The maximum atomic E-state index is 12.9. The number of aromatic amines is 1. The average Bonchev–Trinajstić information content (AvgIpc) is 3.15. The number of aromatic nitrogens is 1. The number of aryl methyl sites for hydroxylation is 1. The van der Waals surface area contributed by atoms with Crippen LogP contribution in [0.2, 0.25) is 5.02 Å². The Labute approximate surface area is 176 Å². The number of carbonyl (C=O) groups excluding carboxylic acids is 1. The van der Waals surface area contributed by atoms with Gasteiger partial charge in [0.1, 0.15) is 0 Å². The summed E-state index contributed by atoms with van der Waals surface area (Å²) in [5.41, 5.74) is 5.80. The summed E-state index contributed by atoms with van der Waals surface area (Å²) in [7, 11) is 0. The highest BCUT2D eigenvalue weighted by Gasteiger charge is 2.19. The molecule has 1 aromatic heterocycles. The first-order chi connectivity index (χ1) is 14.0. The Kier molecular flexibility index (Phi) is 5.74. The molecule has 1 aliphatic heterocycles. The van der Waals surface area contributed by atoms with Gasteiger partial charge in [0.25, 0.3) is 0 Å². The predicted molar refractivity (Wildman–Crippen MR) is 119 cm³/mol. The zero-order valence-electron chi connectivity index (χ0n) is 16.8. The van der Waals surface area contributed by atoms with Crippen molar-refractivity contribution in [3.05, 3.63) is 87.7 Å². The van der Waals surface area contributed by atoms with Gasteiger partial charge >= 0.3 is 0 Å². The fraction of sp³-hybridized carbons (Fsp3) is 0.292. The number of anilines is 1. The zero-order chi connectivity index (χ0) is 20.4. The fourth-order valence-electron chi connectivity index (χ4n) is 3.88. The molecule has 0 radical (unpaired) electrons. The van der Waals surface area contributed by atoms with Crippen molar-refractivity contribution in [1.29, 1.82) is 0 Å². The Morgan fingerprint density at radius 3 is 2.34 bits per heavy atom. The van der Waals surface area contributed by atoms with Gasteiger partial charge < -0.3 is 15.2 Å². The number of halogens is 1. The first-order valence-corrected chi connectivity index (χ1v) is 10.5. The lowest BCUT2D eigenvalue weighted by Crippen LogP contribution is -2.43. The quantitative estimate of drug-likeness (QED) is 0.599. The second kappa shape index (κ2) is 8.44. The van der Waals surface area contributed by atoms with Gasteiger partial charge in [0.2, 0.25) is 5.78 Å². The SMILES string of the molecule is Cc1cc(C(C)c2ccc(N3CCNCC3)cc2)[nH]c1C(=O)c1ccc(Cl)cc1. The normalized spacial score (nSPS) is 15.3. The molecule has 5 heteroatoms. The van der Waals surface area contributed by atoms with Crippen LogP contribution in [0.5, 0.6) is 0 Å². The highest BCUT2D eigenvalue weighted by atomic mass is 35.5. The molecule has 2 N–H and O–H groups in total. The summed E-state index contributed by atoms with van der Waals surface area (Å²) in [5, 5.41) is 4.01. The molecule has 2 aromatic carbocycles. The van der Waals surface area contributed by atoms with E-state index in [1.54, 1.807) is 24.3 Å². The summed E-state index contributed by atoms with van der Waals surface area (Å²) in [4.78, 5) is 18.7. The highest BCUT2D eigenvalue weighted by Crippen LogP contribution is 2.28. The predicted octanol–water partition coefficient (Wildman–Crippen LogP) is 4.77. The number of rotatable bonds is 5. The minimum atomic E-state index is -0.00771. The van der Waals surface area contributed by atoms with Crippen LogP contribution < -0.4 is 10.2 Å². The summed E-state index contributed by atoms with van der Waals surface area (Å²) in [5.74, 6) is 0.171. The minimum Gasteiger partial charge on any atom is -0.369 e. The van der Waals surface area contributed by atoms with E-state index in [0.717, 1.165) is 37.4 Å². The summed E-state index contributed by atoms with van der Waals surface area (Å²) in [6.45, 7) is 8.29. The summed E-state index contributed by atoms with van der Waals surface area (Å²) >= 11 is 5.94. The maximum absolute atomic E-state index is 12.9. The number of hydrogen-bond acceptors (Lipinski definition) is 3. The number of piperazine rings is 1. The van der Waals surface area contributed by atoms with E-state index in [9.17, 15) is 4.79 Å². The van der Waals surface area contributed by atoms with E-state index in [2.05, 4.69) is 52.5 Å². The number of carbonyl (C=O) groups is 1. The molecular weight excluding hydrogens is 382 g/mol. The molecule has 4 rings (SSSR count). The van der Waals surface area contributed by atoms with Crippen molar-refractivity contribution in [2.75, 3.05) is 31.1 Å². The first kappa shape index (κ1) is 19.7. The van der Waals surface area contributed by atoms with Gasteiger partial charge in [-0.3, -0.25) is 4.79 Å². The monoisotopic (exact) mass is 407 g/mol. The Balaban J connectivity index is 1.53. The molecule has 0 bridgehead atoms. The van der Waals surface area contributed by atoms with Crippen LogP contribution in [0.4, 0.5) is 5.69 Å². The van der Waals surface area contributed by atoms with Crippen LogP contribution in [0.15, 0.2) is 54.6 Å². The van der Waals surface area contributed by atoms with Gasteiger partial charge in [-0.05, 0) is 60.5 Å². The molecule has 1 fully saturated rings. The van der Waals surface area contributed by atoms with E-state index < -0.39 is 0 Å². The Morgan fingerprint density at radius 1 is 1.03 bits per heavy atom. The molecule has 1 saturated heterocycles. The van der Waals surface area contributed by atoms with E-state index >= 15 is 0 Å². The number of nitrogens with zero attached hydrogens (tertiary/aromatic N) is 1. The van der Waals surface area contributed by atoms with E-state index in [1.165, 1.54) is 11.3 Å². The van der Waals surface area contributed by atoms with Crippen LogP contribution in [-0.4, -0.2) is 36.9 Å². The van der Waals surface area contributed by atoms with Crippen molar-refractivity contribution in [2.24, 2.45) is 0 Å². The van der Waals surface area contributed by atoms with Crippen LogP contribution in [0, 0.1) is 6.92 Å². The first-order valence-electron chi connectivity index (χ1n) is 10.1. The zero-order valence-corrected chi connectivity index (χ0v) is 17.6. The molecule has 0 amide bonds. The number of hydrogen-bond donors (Lipinski definition) is 2. The van der Waals surface area contributed by atoms with Gasteiger partial charge in [0.05, 0.1) is 5.69 Å². The van der Waals surface area contributed by atoms with Gasteiger partial charge in [0, 0.05) is 54.1 Å². The summed E-state index contributed by atoms with van der Waals surface area (Å²) in [6, 6.07) is 17.9. The van der Waals surface area contributed by atoms with Gasteiger partial charge in [-0.2, -0.15) is 0 Å². The van der Waals surface area contributed by atoms with Crippen LogP contribution >= 0.6 is 11.6 Å². The van der Waals surface area contributed by atoms with Crippen molar-refractivity contribution < 1.29 is 4.79 Å². The molecule has 150 valence electrons. The smallest absolute Gasteiger partial charge is 0.209 e. The third-order valence-corrected chi connectivity index (χ3v) is 5.96. The largest absolute Gasteiger partial charge is 0.369 e. The molecular formula is C24H26ClN3O. The van der Waals surface area contributed by atoms with Gasteiger partial charge in [-0.15, -0.1) is 0 Å². The lowest BCUT2D eigenvalue weighted by molar-refractivity contribution is 0.103. The van der Waals surface area contributed by atoms with Gasteiger partial charge in [-0.25, -0.2) is 0 Å². The molecule has 1 atom stereocenters. The molecule has 3 aromatic rings. The Bertz CT molecular complexity index is 986. The third kappa shape index (κ3) is 4.24. The number of ketones is 1. The lowest BCUT2D eigenvalue weighted by atomic mass is 9.97. The molecule has 1 aliphatic rings. The topological polar surface area (TPSA) is 48.1 Å². The Hall–Kier alpha value is -2.56. The van der Waals surface area contributed by atoms with E-state index in [1.807, 2.05) is 6.92 Å². The van der Waals surface area contributed by atoms with Gasteiger partial charge in [-0.1, -0.05) is 30.7 Å². The van der Waals surface area contributed by atoms with E-state index in [4.69, 9.17) is 11.6 Å². The number of H-pyrrole nitrogens is 1. The minimum absolute atomic E-state index is 0.00771. The fourth-order valence-corrected chi connectivity index (χ4v) is 4.00. The van der Waals surface area contributed by atoms with Crippen molar-refractivity contribution in [2.45, 2.75) is 19.8 Å². The van der Waals surface area contributed by atoms with Crippen molar-refractivity contribution in [3.63, 3.8) is 0 Å². The maximum Gasteiger partial charge on any atom is 0.209 e. The highest BCUT2D eigenvalue weighted by molar-refractivity contribution is 6.30. The molecule has 2 heterocycles. The lowest BCUT2D eigenvalue weighted by Gasteiger charge is -2.29. The standard InChI is InChI=1S/C24H26ClN3O/c1-16-15-22(27-23(16)24(29)19-3-7-20(25)8-4-19)17(2)18-5-9-21(10-6-18)28-13-11-26-12-14-28/h3-10,15,17,26-27H,11-14H2,1-2H3. The van der Waals surface area contributed by atoms with E-state index in [-0.39, 0.29) is 11.7 Å². The van der Waals surface area contributed by atoms with Crippen LogP contribution in [0.1, 0.15) is 45.7 Å². The summed E-state index contributed by atoms with van der Waals surface area (Å²) < 4.78 is 0. The molecule has 29 heavy (non-hydrogen) atoms. The second-order valence-corrected chi connectivity index (χ2v) is 8.11. The number of benzene rings is 2. The van der Waals surface area contributed by atoms with Crippen molar-refractivity contribution >= 4 is 23.1 Å². The Morgan fingerprint density at radius 2 is 1.69 bits per heavy atom. The van der Waals surface area contributed by atoms with Crippen molar-refractivity contribution in [1.82, 2.24) is 10.3 Å². The van der Waals surface area contributed by atoms with Crippen molar-refractivity contribution in [3.8, 4) is 0 Å². The van der Waals surface area contributed by atoms with Crippen LogP contribution in [0.25, 0.3) is 0 Å².